The Hall–Kier alpha value is -1.83. The van der Waals surface area contributed by atoms with Crippen molar-refractivity contribution in [1.82, 2.24) is 4.98 Å². The number of hydrogen-bond acceptors (Lipinski definition) is 5. The molecule has 4 nitrogen and oxygen atoms in total. The molecule has 0 saturated heterocycles. The van der Waals surface area contributed by atoms with Gasteiger partial charge in [0.2, 0.25) is 0 Å². The fourth-order valence-electron chi connectivity index (χ4n) is 3.22. The van der Waals surface area contributed by atoms with Crippen LogP contribution in [0.1, 0.15) is 30.1 Å². The molecule has 3 aromatic rings. The Bertz CT molecular complexity index is 969. The Morgan fingerprint density at radius 2 is 2.16 bits per heavy atom. The van der Waals surface area contributed by atoms with E-state index >= 15 is 0 Å². The standard InChI is InChI=1S/C18H17FN2O2S2/c19-14-8-10-5-6-20-18(23)13(10)9-15(14)21-25-17-4-3-16(24-17)11-1-2-12(22)7-11/h3-6,8-9,11-12,21-22H,1-2,7H2,(H,20,23)/t11-,12?/m1/s1. The van der Waals surface area contributed by atoms with Crippen LogP contribution in [0.4, 0.5) is 10.1 Å². The number of benzene rings is 1. The highest BCUT2D eigenvalue weighted by atomic mass is 32.2. The van der Waals surface area contributed by atoms with Crippen LogP contribution in [0.2, 0.25) is 0 Å². The van der Waals surface area contributed by atoms with Gasteiger partial charge >= 0.3 is 0 Å². The van der Waals surface area contributed by atoms with Crippen molar-refractivity contribution in [1.29, 1.82) is 0 Å². The molecule has 1 unspecified atom stereocenters. The number of aromatic amines is 1. The molecule has 1 saturated carbocycles. The fourth-order valence-corrected chi connectivity index (χ4v) is 5.18. The van der Waals surface area contributed by atoms with E-state index in [1.54, 1.807) is 23.5 Å². The predicted octanol–water partition coefficient (Wildman–Crippen LogP) is 4.48. The van der Waals surface area contributed by atoms with Crippen molar-refractivity contribution < 1.29 is 9.50 Å². The third kappa shape index (κ3) is 3.44. The molecule has 4 rings (SSSR count). The van der Waals surface area contributed by atoms with E-state index < -0.39 is 0 Å². The zero-order valence-electron chi connectivity index (χ0n) is 13.3. The second kappa shape index (κ2) is 6.82. The molecule has 0 aliphatic heterocycles. The smallest absolute Gasteiger partial charge is 0.255 e. The minimum atomic E-state index is -0.388. The van der Waals surface area contributed by atoms with E-state index in [0.29, 0.717) is 22.4 Å². The lowest BCUT2D eigenvalue weighted by atomic mass is 10.1. The summed E-state index contributed by atoms with van der Waals surface area (Å²) >= 11 is 3.00. The number of hydrogen-bond donors (Lipinski definition) is 3. The van der Waals surface area contributed by atoms with Crippen molar-refractivity contribution in [3.63, 3.8) is 0 Å². The summed E-state index contributed by atoms with van der Waals surface area (Å²) < 4.78 is 18.3. The highest BCUT2D eigenvalue weighted by Crippen LogP contribution is 2.40. The monoisotopic (exact) mass is 376 g/mol. The molecular formula is C18H17FN2O2S2. The number of anilines is 1. The second-order valence-electron chi connectivity index (χ2n) is 6.25. The number of aliphatic hydroxyl groups excluding tert-OH is 1. The molecule has 3 N–H and O–H groups in total. The van der Waals surface area contributed by atoms with Gasteiger partial charge in [-0.2, -0.15) is 0 Å². The van der Waals surface area contributed by atoms with Crippen molar-refractivity contribution in [2.45, 2.75) is 35.5 Å². The van der Waals surface area contributed by atoms with E-state index in [4.69, 9.17) is 0 Å². The van der Waals surface area contributed by atoms with Gasteiger partial charge in [0.1, 0.15) is 5.82 Å². The minimum Gasteiger partial charge on any atom is -0.393 e. The first-order valence-electron chi connectivity index (χ1n) is 8.12. The van der Waals surface area contributed by atoms with Gasteiger partial charge in [-0.3, -0.25) is 4.79 Å². The second-order valence-corrected chi connectivity index (χ2v) is 8.47. The van der Waals surface area contributed by atoms with Gasteiger partial charge in [-0.15, -0.1) is 11.3 Å². The number of thiophene rings is 1. The average molecular weight is 376 g/mol. The quantitative estimate of drug-likeness (QED) is 0.588. The minimum absolute atomic E-state index is 0.189. The van der Waals surface area contributed by atoms with E-state index in [2.05, 4.69) is 15.8 Å². The Balaban J connectivity index is 1.51. The third-order valence-electron chi connectivity index (χ3n) is 4.53. The highest BCUT2D eigenvalue weighted by Gasteiger charge is 2.25. The van der Waals surface area contributed by atoms with Crippen LogP contribution in [0.15, 0.2) is 45.5 Å². The Kier molecular flexibility index (Phi) is 4.54. The number of H-pyrrole nitrogens is 1. The van der Waals surface area contributed by atoms with Gasteiger partial charge in [-0.05, 0) is 72.8 Å². The molecule has 0 amide bonds. The Morgan fingerprint density at radius 1 is 1.28 bits per heavy atom. The normalized spacial score (nSPS) is 20.2. The number of fused-ring (bicyclic) bond motifs is 1. The molecule has 130 valence electrons. The van der Waals surface area contributed by atoms with Gasteiger partial charge in [0.25, 0.3) is 5.56 Å². The first-order chi connectivity index (χ1) is 12.1. The number of pyridine rings is 1. The molecule has 0 spiro atoms. The maximum atomic E-state index is 14.2. The Labute approximate surface area is 152 Å². The molecule has 2 atom stereocenters. The molecule has 1 aliphatic carbocycles. The van der Waals surface area contributed by atoms with Crippen LogP contribution in [-0.2, 0) is 0 Å². The number of aliphatic hydroxyl groups is 1. The summed E-state index contributed by atoms with van der Waals surface area (Å²) in [7, 11) is 0. The third-order valence-corrected chi connectivity index (χ3v) is 6.73. The summed E-state index contributed by atoms with van der Waals surface area (Å²) in [6.45, 7) is 0. The van der Waals surface area contributed by atoms with Gasteiger partial charge in [0.05, 0.1) is 16.0 Å². The molecule has 1 aliphatic rings. The first-order valence-corrected chi connectivity index (χ1v) is 9.75. The number of nitrogens with one attached hydrogen (secondary N) is 2. The molecule has 0 radical (unpaired) electrons. The molecule has 2 aromatic heterocycles. The van der Waals surface area contributed by atoms with Crippen LogP contribution in [0.25, 0.3) is 10.8 Å². The lowest BCUT2D eigenvalue weighted by Crippen LogP contribution is -2.05. The van der Waals surface area contributed by atoms with Gasteiger partial charge < -0.3 is 14.8 Å². The van der Waals surface area contributed by atoms with Gasteiger partial charge in [0, 0.05) is 16.5 Å². The lowest BCUT2D eigenvalue weighted by Gasteiger charge is -2.07. The van der Waals surface area contributed by atoms with Crippen molar-refractivity contribution >= 4 is 39.7 Å². The lowest BCUT2D eigenvalue weighted by molar-refractivity contribution is 0.181. The van der Waals surface area contributed by atoms with E-state index in [0.717, 1.165) is 23.5 Å². The molecule has 1 aromatic carbocycles. The zero-order chi connectivity index (χ0) is 17.4. The number of rotatable bonds is 4. The van der Waals surface area contributed by atoms with Crippen LogP contribution in [-0.4, -0.2) is 16.2 Å². The van der Waals surface area contributed by atoms with Crippen LogP contribution in [0.3, 0.4) is 0 Å². The molecule has 2 heterocycles. The molecule has 25 heavy (non-hydrogen) atoms. The van der Waals surface area contributed by atoms with Crippen molar-refractivity contribution in [3.05, 3.63) is 57.6 Å². The highest BCUT2D eigenvalue weighted by molar-refractivity contribution is 8.02. The van der Waals surface area contributed by atoms with Crippen LogP contribution < -0.4 is 10.3 Å². The maximum absolute atomic E-state index is 14.2. The molecule has 0 bridgehead atoms. The molecular weight excluding hydrogens is 359 g/mol. The largest absolute Gasteiger partial charge is 0.393 e. The van der Waals surface area contributed by atoms with Gasteiger partial charge in [-0.1, -0.05) is 0 Å². The number of halogens is 1. The summed E-state index contributed by atoms with van der Waals surface area (Å²) in [5.74, 6) is 0.0339. The topological polar surface area (TPSA) is 65.1 Å². The summed E-state index contributed by atoms with van der Waals surface area (Å²) in [6.07, 6.45) is 4.02. The van der Waals surface area contributed by atoms with E-state index in [-0.39, 0.29) is 17.5 Å². The maximum Gasteiger partial charge on any atom is 0.255 e. The summed E-state index contributed by atoms with van der Waals surface area (Å²) in [4.78, 5) is 15.7. The van der Waals surface area contributed by atoms with Gasteiger partial charge in [-0.25, -0.2) is 4.39 Å². The summed E-state index contributed by atoms with van der Waals surface area (Å²) in [6, 6.07) is 8.68. The predicted molar refractivity (Wildman–Crippen MR) is 101 cm³/mol. The fraction of sp³-hybridized carbons (Fsp3) is 0.278. The average Bonchev–Trinajstić information content (AvgIpc) is 3.22. The van der Waals surface area contributed by atoms with Crippen LogP contribution >= 0.6 is 23.3 Å². The van der Waals surface area contributed by atoms with Crippen molar-refractivity contribution in [2.24, 2.45) is 0 Å². The molecule has 7 heteroatoms. The molecule has 1 fully saturated rings. The van der Waals surface area contributed by atoms with E-state index in [9.17, 15) is 14.3 Å². The van der Waals surface area contributed by atoms with E-state index in [1.807, 2.05) is 6.07 Å². The zero-order valence-corrected chi connectivity index (χ0v) is 14.9. The van der Waals surface area contributed by atoms with Crippen molar-refractivity contribution in [2.75, 3.05) is 4.72 Å². The Morgan fingerprint density at radius 3 is 2.96 bits per heavy atom. The summed E-state index contributed by atoms with van der Waals surface area (Å²) in [5, 5.41) is 10.7. The van der Waals surface area contributed by atoms with Crippen LogP contribution in [0.5, 0.6) is 0 Å². The SMILES string of the molecule is O=c1[nH]ccc2cc(F)c(NSc3ccc([C@@H]4CCC(O)C4)s3)cc12. The van der Waals surface area contributed by atoms with Crippen molar-refractivity contribution in [3.8, 4) is 0 Å². The summed E-state index contributed by atoms with van der Waals surface area (Å²) in [5.41, 5.74) is 0.0594. The van der Waals surface area contributed by atoms with Crippen LogP contribution in [0, 0.1) is 5.82 Å². The van der Waals surface area contributed by atoms with E-state index in [1.165, 1.54) is 29.1 Å². The first kappa shape index (κ1) is 16.6. The van der Waals surface area contributed by atoms with Gasteiger partial charge in [0.15, 0.2) is 0 Å². The number of aromatic nitrogens is 1.